The molecule has 0 unspecified atom stereocenters. The number of ether oxygens (including phenoxy) is 2. The van der Waals surface area contributed by atoms with E-state index in [1.807, 2.05) is 0 Å². The highest BCUT2D eigenvalue weighted by molar-refractivity contribution is 6.00. The quantitative estimate of drug-likeness (QED) is 0.442. The first-order chi connectivity index (χ1) is 13.2. The molecule has 2 aromatic rings. The van der Waals surface area contributed by atoms with Crippen LogP contribution in [0.1, 0.15) is 17.3 Å². The number of nitro groups is 1. The van der Waals surface area contributed by atoms with E-state index in [-0.39, 0.29) is 11.3 Å². The van der Waals surface area contributed by atoms with Gasteiger partial charge in [-0.15, -0.1) is 0 Å². The van der Waals surface area contributed by atoms with Crippen molar-refractivity contribution in [1.29, 1.82) is 0 Å². The number of anilines is 2. The van der Waals surface area contributed by atoms with Crippen molar-refractivity contribution in [2.24, 2.45) is 0 Å². The molecule has 148 valence electrons. The molecule has 0 bridgehead atoms. The lowest BCUT2D eigenvalue weighted by molar-refractivity contribution is -0.384. The van der Waals surface area contributed by atoms with Crippen LogP contribution in [0.25, 0.3) is 0 Å². The number of esters is 1. The zero-order chi connectivity index (χ0) is 20.8. The van der Waals surface area contributed by atoms with Crippen LogP contribution in [-0.4, -0.2) is 44.1 Å². The van der Waals surface area contributed by atoms with E-state index in [4.69, 9.17) is 9.47 Å². The van der Waals surface area contributed by atoms with Gasteiger partial charge in [-0.3, -0.25) is 14.9 Å². The van der Waals surface area contributed by atoms with Crippen LogP contribution in [0.2, 0.25) is 0 Å². The van der Waals surface area contributed by atoms with E-state index < -0.39 is 22.9 Å². The molecule has 1 N–H and O–H groups in total. The Kier molecular flexibility index (Phi) is 6.54. The first kappa shape index (κ1) is 20.7. The lowest BCUT2D eigenvalue weighted by Gasteiger charge is -2.19. The van der Waals surface area contributed by atoms with Gasteiger partial charge in [0.25, 0.3) is 11.6 Å². The Morgan fingerprint density at radius 2 is 1.86 bits per heavy atom. The van der Waals surface area contributed by atoms with Crippen molar-refractivity contribution in [2.75, 3.05) is 31.4 Å². The number of benzene rings is 2. The second kappa shape index (κ2) is 8.85. The highest BCUT2D eigenvalue weighted by atomic mass is 16.6. The van der Waals surface area contributed by atoms with Crippen molar-refractivity contribution in [3.8, 4) is 5.75 Å². The third-order valence-electron chi connectivity index (χ3n) is 3.91. The average molecular weight is 387 g/mol. The Morgan fingerprint density at radius 1 is 1.18 bits per heavy atom. The Hall–Kier alpha value is -3.62. The first-order valence-corrected chi connectivity index (χ1v) is 8.35. The fraction of sp³-hybridized carbons (Fsp3) is 0.263. The minimum absolute atomic E-state index is 0.00357. The molecule has 0 saturated heterocycles. The normalized spacial score (nSPS) is 11.3. The maximum Gasteiger partial charge on any atom is 0.341 e. The number of nitrogens with one attached hydrogen (secondary N) is 1. The maximum atomic E-state index is 12.6. The monoisotopic (exact) mass is 387 g/mol. The molecular formula is C19H21N3O6. The van der Waals surface area contributed by atoms with Crippen LogP contribution in [0, 0.1) is 10.1 Å². The lowest BCUT2D eigenvalue weighted by atomic mass is 10.1. The van der Waals surface area contributed by atoms with Gasteiger partial charge in [0.05, 0.1) is 29.0 Å². The molecule has 2 rings (SSSR count). The molecule has 0 saturated carbocycles. The maximum absolute atomic E-state index is 12.6. The van der Waals surface area contributed by atoms with Crippen LogP contribution in [0.5, 0.6) is 5.75 Å². The number of amides is 1. The molecule has 0 heterocycles. The molecule has 9 heteroatoms. The number of carbonyl (C=O) groups is 2. The minimum atomic E-state index is -1.13. The number of para-hydroxylation sites is 2. The van der Waals surface area contributed by atoms with Gasteiger partial charge in [0, 0.05) is 26.2 Å². The smallest absolute Gasteiger partial charge is 0.341 e. The van der Waals surface area contributed by atoms with Gasteiger partial charge in [-0.25, -0.2) is 4.79 Å². The molecule has 0 aliphatic rings. The summed E-state index contributed by atoms with van der Waals surface area (Å²) >= 11 is 0. The SMILES string of the molecule is COc1ccccc1NC(=O)[C@@H](C)OC(=O)c1cc([N+](=O)[O-])ccc1N(C)C. The second-order valence-electron chi connectivity index (χ2n) is 6.09. The molecule has 0 fully saturated rings. The van der Waals surface area contributed by atoms with Crippen molar-refractivity contribution in [3.63, 3.8) is 0 Å². The third-order valence-corrected chi connectivity index (χ3v) is 3.91. The molecule has 2 aromatic carbocycles. The van der Waals surface area contributed by atoms with Crippen LogP contribution >= 0.6 is 0 Å². The zero-order valence-electron chi connectivity index (χ0n) is 16.0. The molecular weight excluding hydrogens is 366 g/mol. The predicted octanol–water partition coefficient (Wildman–Crippen LogP) is 2.85. The summed E-state index contributed by atoms with van der Waals surface area (Å²) in [6.07, 6.45) is -1.13. The molecule has 0 spiro atoms. The number of non-ortho nitro benzene ring substituents is 1. The van der Waals surface area contributed by atoms with Gasteiger partial charge < -0.3 is 19.7 Å². The van der Waals surface area contributed by atoms with E-state index in [0.717, 1.165) is 6.07 Å². The van der Waals surface area contributed by atoms with Gasteiger partial charge in [0.1, 0.15) is 5.75 Å². The van der Waals surface area contributed by atoms with Gasteiger partial charge in [0.2, 0.25) is 0 Å². The van der Waals surface area contributed by atoms with Crippen molar-refractivity contribution >= 4 is 28.9 Å². The number of hydrogen-bond donors (Lipinski definition) is 1. The summed E-state index contributed by atoms with van der Waals surface area (Å²) < 4.78 is 10.4. The van der Waals surface area contributed by atoms with Crippen LogP contribution in [-0.2, 0) is 9.53 Å². The third kappa shape index (κ3) is 4.76. The largest absolute Gasteiger partial charge is 0.495 e. The van der Waals surface area contributed by atoms with Gasteiger partial charge in [0.15, 0.2) is 6.10 Å². The number of nitro benzene ring substituents is 1. The minimum Gasteiger partial charge on any atom is -0.495 e. The van der Waals surface area contributed by atoms with E-state index in [1.54, 1.807) is 43.3 Å². The summed E-state index contributed by atoms with van der Waals surface area (Å²) in [4.78, 5) is 37.0. The average Bonchev–Trinajstić information content (AvgIpc) is 2.67. The topological polar surface area (TPSA) is 111 Å². The van der Waals surface area contributed by atoms with Crippen molar-refractivity contribution in [3.05, 3.63) is 58.1 Å². The summed E-state index contributed by atoms with van der Waals surface area (Å²) in [5.41, 5.74) is 0.620. The van der Waals surface area contributed by atoms with E-state index in [1.165, 1.54) is 26.2 Å². The molecule has 28 heavy (non-hydrogen) atoms. The van der Waals surface area contributed by atoms with Gasteiger partial charge >= 0.3 is 5.97 Å². The molecule has 9 nitrogen and oxygen atoms in total. The molecule has 1 atom stereocenters. The first-order valence-electron chi connectivity index (χ1n) is 8.35. The second-order valence-corrected chi connectivity index (χ2v) is 6.09. The summed E-state index contributed by atoms with van der Waals surface area (Å²) in [5, 5.41) is 13.6. The van der Waals surface area contributed by atoms with E-state index in [2.05, 4.69) is 5.32 Å². The number of carbonyl (C=O) groups excluding carboxylic acids is 2. The van der Waals surface area contributed by atoms with Crippen molar-refractivity contribution < 1.29 is 24.0 Å². The highest BCUT2D eigenvalue weighted by Crippen LogP contribution is 2.26. The molecule has 0 aromatic heterocycles. The summed E-state index contributed by atoms with van der Waals surface area (Å²) in [6, 6.07) is 10.7. The van der Waals surface area contributed by atoms with Crippen LogP contribution in [0.15, 0.2) is 42.5 Å². The van der Waals surface area contributed by atoms with Crippen LogP contribution in [0.3, 0.4) is 0 Å². The van der Waals surface area contributed by atoms with Gasteiger partial charge in [-0.1, -0.05) is 12.1 Å². The standard InChI is InChI=1S/C19H21N3O6/c1-12(18(23)20-15-7-5-6-8-17(15)27-4)28-19(24)14-11-13(22(25)26)9-10-16(14)21(2)3/h5-12H,1-4H3,(H,20,23)/t12-/m1/s1. The van der Waals surface area contributed by atoms with E-state index in [0.29, 0.717) is 17.1 Å². The van der Waals surface area contributed by atoms with E-state index in [9.17, 15) is 19.7 Å². The molecule has 0 aliphatic carbocycles. The number of rotatable bonds is 7. The van der Waals surface area contributed by atoms with Gasteiger partial charge in [-0.05, 0) is 25.1 Å². The number of hydrogen-bond acceptors (Lipinski definition) is 7. The fourth-order valence-electron chi connectivity index (χ4n) is 2.45. The molecule has 0 aliphatic heterocycles. The lowest BCUT2D eigenvalue weighted by Crippen LogP contribution is -2.30. The Balaban J connectivity index is 2.18. The Morgan fingerprint density at radius 3 is 2.46 bits per heavy atom. The summed E-state index contributed by atoms with van der Waals surface area (Å²) in [6.45, 7) is 1.41. The summed E-state index contributed by atoms with van der Waals surface area (Å²) in [5.74, 6) is -0.937. The number of methoxy groups -OCH3 is 1. The van der Waals surface area contributed by atoms with Crippen LogP contribution < -0.4 is 15.0 Å². The van der Waals surface area contributed by atoms with Crippen molar-refractivity contribution in [2.45, 2.75) is 13.0 Å². The number of nitrogens with zero attached hydrogens (tertiary/aromatic N) is 2. The van der Waals surface area contributed by atoms with Gasteiger partial charge in [-0.2, -0.15) is 0 Å². The zero-order valence-corrected chi connectivity index (χ0v) is 16.0. The van der Waals surface area contributed by atoms with Crippen molar-refractivity contribution in [1.82, 2.24) is 0 Å². The molecule has 1 amide bonds. The van der Waals surface area contributed by atoms with Crippen LogP contribution in [0.4, 0.5) is 17.1 Å². The Bertz CT molecular complexity index is 897. The van der Waals surface area contributed by atoms with E-state index >= 15 is 0 Å². The Labute approximate surface area is 162 Å². The predicted molar refractivity (Wildman–Crippen MR) is 104 cm³/mol. The fourth-order valence-corrected chi connectivity index (χ4v) is 2.45. The highest BCUT2D eigenvalue weighted by Gasteiger charge is 2.24. The molecule has 0 radical (unpaired) electrons. The summed E-state index contributed by atoms with van der Waals surface area (Å²) in [7, 11) is 4.85.